The predicted molar refractivity (Wildman–Crippen MR) is 348 cm³/mol. The van der Waals surface area contributed by atoms with Gasteiger partial charge in [0.05, 0.1) is 0 Å². The highest BCUT2D eigenvalue weighted by Gasteiger charge is 2.19. The average molecular weight is 1100 g/mol. The van der Waals surface area contributed by atoms with Crippen molar-refractivity contribution < 1.29 is 28.6 Å². The van der Waals surface area contributed by atoms with Crippen LogP contribution in [0.15, 0.2) is 158 Å². The summed E-state index contributed by atoms with van der Waals surface area (Å²) in [7, 11) is 0. The van der Waals surface area contributed by atoms with Gasteiger partial charge in [-0.25, -0.2) is 0 Å². The lowest BCUT2D eigenvalue weighted by Gasteiger charge is -2.18. The Hall–Kier alpha value is -4.97. The fourth-order valence-electron chi connectivity index (χ4n) is 8.49. The minimum atomic E-state index is -0.825. The Kier molecular flexibility index (Phi) is 62.4. The summed E-state index contributed by atoms with van der Waals surface area (Å²) in [5, 5.41) is 0. The van der Waals surface area contributed by atoms with E-state index in [9.17, 15) is 14.4 Å². The predicted octanol–water partition coefficient (Wildman–Crippen LogP) is 22.5. The molecule has 0 aromatic carbocycles. The van der Waals surface area contributed by atoms with Crippen LogP contribution in [0.2, 0.25) is 0 Å². The number of rotatable bonds is 57. The molecule has 80 heavy (non-hydrogen) atoms. The van der Waals surface area contributed by atoms with Crippen LogP contribution >= 0.6 is 0 Å². The zero-order chi connectivity index (χ0) is 57.8. The first kappa shape index (κ1) is 75.0. The molecule has 0 fully saturated rings. The lowest BCUT2D eigenvalue weighted by Crippen LogP contribution is -2.30. The zero-order valence-corrected chi connectivity index (χ0v) is 51.5. The lowest BCUT2D eigenvalue weighted by atomic mass is 10.0. The Morgan fingerprint density at radius 1 is 0.263 bits per heavy atom. The fraction of sp³-hybridized carbons (Fsp3) is 0.608. The van der Waals surface area contributed by atoms with Crippen LogP contribution in [0.4, 0.5) is 0 Å². The van der Waals surface area contributed by atoms with Crippen molar-refractivity contribution in [3.05, 3.63) is 158 Å². The van der Waals surface area contributed by atoms with E-state index >= 15 is 0 Å². The molecule has 0 heterocycles. The van der Waals surface area contributed by atoms with Crippen molar-refractivity contribution in [2.24, 2.45) is 0 Å². The van der Waals surface area contributed by atoms with E-state index in [4.69, 9.17) is 14.2 Å². The Bertz CT molecular complexity index is 1790. The van der Waals surface area contributed by atoms with Crippen LogP contribution in [0.25, 0.3) is 0 Å². The Balaban J connectivity index is 4.50. The van der Waals surface area contributed by atoms with Gasteiger partial charge in [-0.15, -0.1) is 0 Å². The van der Waals surface area contributed by atoms with Gasteiger partial charge in [0.1, 0.15) is 13.2 Å². The normalized spacial score (nSPS) is 13.2. The van der Waals surface area contributed by atoms with Gasteiger partial charge in [-0.05, 0) is 122 Å². The first-order valence-corrected chi connectivity index (χ1v) is 32.5. The molecule has 0 aromatic rings. The number of carbonyl (C=O) groups is 3. The van der Waals surface area contributed by atoms with Crippen molar-refractivity contribution in [3.8, 4) is 0 Å². The molecule has 0 N–H and O–H groups in total. The van der Waals surface area contributed by atoms with Gasteiger partial charge in [-0.3, -0.25) is 14.4 Å². The van der Waals surface area contributed by atoms with Gasteiger partial charge in [0.2, 0.25) is 0 Å². The van der Waals surface area contributed by atoms with Crippen LogP contribution in [-0.2, 0) is 28.6 Å². The maximum atomic E-state index is 12.9. The van der Waals surface area contributed by atoms with Gasteiger partial charge in [-0.2, -0.15) is 0 Å². The number of ether oxygens (including phenoxy) is 3. The van der Waals surface area contributed by atoms with Crippen LogP contribution in [-0.4, -0.2) is 37.2 Å². The fourth-order valence-corrected chi connectivity index (χ4v) is 8.49. The zero-order valence-electron chi connectivity index (χ0n) is 51.5. The molecule has 0 aliphatic rings. The van der Waals surface area contributed by atoms with Crippen molar-refractivity contribution in [1.29, 1.82) is 0 Å². The molecule has 0 spiro atoms. The molecule has 6 heteroatoms. The van der Waals surface area contributed by atoms with Crippen LogP contribution in [0.5, 0.6) is 0 Å². The summed E-state index contributed by atoms with van der Waals surface area (Å²) < 4.78 is 16.8. The number of esters is 3. The lowest BCUT2D eigenvalue weighted by molar-refractivity contribution is -0.167. The maximum absolute atomic E-state index is 12.9. The van der Waals surface area contributed by atoms with Crippen LogP contribution in [0.3, 0.4) is 0 Å². The standard InChI is InChI=1S/C74H118O6/c1-4-7-10-13-16-19-22-25-28-30-32-33-34-35-36-37-38-39-40-41-42-44-46-49-52-55-58-61-64-67-73(76)79-70-71(69-78-72(75)66-63-60-57-54-51-48-45-27-24-21-18-15-12-9-6-3)80-74(77)68-65-62-59-56-53-50-47-43-31-29-26-23-20-17-14-11-8-5-2/h7,9-10,12,16,18-19,21,25,27-28,32-33,35-36,38-39,41-42,45-46,49,51,54-55,58,71H,4-6,8,11,13-15,17,20,22-24,26,29-31,34,37,40,43-44,47-48,50,52-53,56-57,59-70H2,1-3H3/b10-7-,12-9-,19-16-,21-18-,28-25-,33-32-,36-35-,39-38-,42-41-,45-27-,49-46-,54-51-,58-55-. The minimum Gasteiger partial charge on any atom is -0.462 e. The Labute approximate surface area is 492 Å². The van der Waals surface area contributed by atoms with Crippen LogP contribution in [0.1, 0.15) is 271 Å². The molecular weight excluding hydrogens is 985 g/mol. The topological polar surface area (TPSA) is 78.9 Å². The number of hydrogen-bond acceptors (Lipinski definition) is 6. The first-order chi connectivity index (χ1) is 39.5. The summed E-state index contributed by atoms with van der Waals surface area (Å²) in [6, 6.07) is 0. The van der Waals surface area contributed by atoms with Crippen molar-refractivity contribution in [1.82, 2.24) is 0 Å². The van der Waals surface area contributed by atoms with Gasteiger partial charge >= 0.3 is 17.9 Å². The average Bonchev–Trinajstić information content (AvgIpc) is 3.46. The molecular formula is C74H118O6. The monoisotopic (exact) mass is 1100 g/mol. The third kappa shape index (κ3) is 63.9. The number of carbonyl (C=O) groups excluding carboxylic acids is 3. The molecule has 450 valence electrons. The first-order valence-electron chi connectivity index (χ1n) is 32.5. The number of hydrogen-bond donors (Lipinski definition) is 0. The molecule has 0 saturated carbocycles. The summed E-state index contributed by atoms with van der Waals surface area (Å²) >= 11 is 0. The summed E-state index contributed by atoms with van der Waals surface area (Å²) in [5.74, 6) is -1.02. The summed E-state index contributed by atoms with van der Waals surface area (Å²) in [6.45, 7) is 6.34. The molecule has 0 aliphatic heterocycles. The third-order valence-electron chi connectivity index (χ3n) is 13.3. The van der Waals surface area contributed by atoms with Crippen LogP contribution in [0, 0.1) is 0 Å². The molecule has 1 unspecified atom stereocenters. The molecule has 0 bridgehead atoms. The molecule has 6 nitrogen and oxygen atoms in total. The third-order valence-corrected chi connectivity index (χ3v) is 13.3. The molecule has 1 atom stereocenters. The smallest absolute Gasteiger partial charge is 0.306 e. The van der Waals surface area contributed by atoms with E-state index in [1.54, 1.807) is 0 Å². The maximum Gasteiger partial charge on any atom is 0.306 e. The van der Waals surface area contributed by atoms with Crippen molar-refractivity contribution in [2.75, 3.05) is 13.2 Å². The van der Waals surface area contributed by atoms with Crippen LogP contribution < -0.4 is 0 Å². The van der Waals surface area contributed by atoms with E-state index < -0.39 is 6.10 Å². The molecule has 0 aromatic heterocycles. The van der Waals surface area contributed by atoms with Gasteiger partial charge in [0.25, 0.3) is 0 Å². The second-order valence-electron chi connectivity index (χ2n) is 20.9. The van der Waals surface area contributed by atoms with Crippen molar-refractivity contribution in [3.63, 3.8) is 0 Å². The van der Waals surface area contributed by atoms with E-state index in [-0.39, 0.29) is 37.5 Å². The second kappa shape index (κ2) is 66.5. The molecule has 0 rings (SSSR count). The highest BCUT2D eigenvalue weighted by atomic mass is 16.6. The summed E-state index contributed by atoms with van der Waals surface area (Å²) in [5.41, 5.74) is 0. The van der Waals surface area contributed by atoms with Gasteiger partial charge in [0, 0.05) is 19.3 Å². The quantitative estimate of drug-likeness (QED) is 0.0261. The SMILES string of the molecule is CC/C=C\C/C=C\C/C=C\C/C=C\C/C=C\C/C=C\C/C=C\C/C=C\C/C=C\CCCC(=O)OCC(COC(=O)CCCC/C=C\C/C=C\C/C=C\C/C=C\CC)OC(=O)CCCCCCCCCCCCCCCCCCCC. The van der Waals surface area contributed by atoms with Gasteiger partial charge in [-0.1, -0.05) is 288 Å². The van der Waals surface area contributed by atoms with E-state index in [2.05, 4.69) is 179 Å². The van der Waals surface area contributed by atoms with Crippen molar-refractivity contribution in [2.45, 2.75) is 277 Å². The van der Waals surface area contributed by atoms with Gasteiger partial charge in [0.15, 0.2) is 6.10 Å². The van der Waals surface area contributed by atoms with E-state index in [0.29, 0.717) is 25.7 Å². The minimum absolute atomic E-state index is 0.122. The number of allylic oxidation sites excluding steroid dienone is 26. The largest absolute Gasteiger partial charge is 0.462 e. The van der Waals surface area contributed by atoms with Gasteiger partial charge < -0.3 is 14.2 Å². The van der Waals surface area contributed by atoms with E-state index in [0.717, 1.165) is 122 Å². The van der Waals surface area contributed by atoms with E-state index in [1.807, 2.05) is 0 Å². The summed E-state index contributed by atoms with van der Waals surface area (Å²) in [6.07, 6.45) is 96.9. The molecule has 0 saturated heterocycles. The molecule has 0 amide bonds. The van der Waals surface area contributed by atoms with Crippen molar-refractivity contribution >= 4 is 17.9 Å². The molecule has 0 aliphatic carbocycles. The molecule has 0 radical (unpaired) electrons. The summed E-state index contributed by atoms with van der Waals surface area (Å²) in [4.78, 5) is 38.3. The highest BCUT2D eigenvalue weighted by molar-refractivity contribution is 5.71. The Morgan fingerprint density at radius 3 is 0.812 bits per heavy atom. The number of unbranched alkanes of at least 4 members (excludes halogenated alkanes) is 20. The highest BCUT2D eigenvalue weighted by Crippen LogP contribution is 2.16. The Morgan fingerprint density at radius 2 is 0.500 bits per heavy atom. The van der Waals surface area contributed by atoms with E-state index in [1.165, 1.54) is 96.3 Å². The second-order valence-corrected chi connectivity index (χ2v) is 20.9.